The number of hydrogen-bond donors (Lipinski definition) is 3. The number of rotatable bonds is 6. The summed E-state index contributed by atoms with van der Waals surface area (Å²) in [5.41, 5.74) is 1.09. The Kier molecular flexibility index (Phi) is 11.8. The summed E-state index contributed by atoms with van der Waals surface area (Å²) < 4.78 is 10.9. The fraction of sp³-hybridized carbons (Fsp3) is 0.333. The lowest BCUT2D eigenvalue weighted by molar-refractivity contribution is -0.148. The van der Waals surface area contributed by atoms with Crippen LogP contribution in [0.2, 0.25) is 0 Å². The Morgan fingerprint density at radius 2 is 2.05 bits per heavy atom. The van der Waals surface area contributed by atoms with Crippen molar-refractivity contribution in [3.8, 4) is 5.75 Å². The summed E-state index contributed by atoms with van der Waals surface area (Å²) in [5, 5.41) is 26.7. The molecule has 3 unspecified atom stereocenters. The van der Waals surface area contributed by atoms with Crippen molar-refractivity contribution in [2.24, 2.45) is 5.16 Å². The van der Waals surface area contributed by atoms with Crippen LogP contribution in [0.5, 0.6) is 5.75 Å². The zero-order valence-corrected chi connectivity index (χ0v) is 21.0. The third-order valence-corrected chi connectivity index (χ3v) is 5.24. The SMILES string of the molecule is CO/N=C/C=C/C(=O)N/C=C/CC1CC(=O)OC(C)/C=C/C(O)/C(C)=C/Cc2cccc(O)c2C(=O)O1. The van der Waals surface area contributed by atoms with Gasteiger partial charge in [-0.15, -0.1) is 0 Å². The van der Waals surface area contributed by atoms with Crippen LogP contribution in [0, 0.1) is 0 Å². The van der Waals surface area contributed by atoms with Gasteiger partial charge in [-0.3, -0.25) is 9.59 Å². The molecule has 0 bridgehead atoms. The van der Waals surface area contributed by atoms with Crippen LogP contribution in [0.3, 0.4) is 0 Å². The molecule has 1 heterocycles. The highest BCUT2D eigenvalue weighted by molar-refractivity contribution is 5.94. The number of esters is 2. The topological polar surface area (TPSA) is 144 Å². The molecule has 0 saturated carbocycles. The number of nitrogens with one attached hydrogen (secondary N) is 1. The minimum absolute atomic E-state index is 0.0293. The van der Waals surface area contributed by atoms with Gasteiger partial charge in [0, 0.05) is 18.7 Å². The van der Waals surface area contributed by atoms with E-state index in [2.05, 4.69) is 15.3 Å². The fourth-order valence-corrected chi connectivity index (χ4v) is 3.30. The molecule has 2 rings (SSSR count). The molecular formula is C27H32N2O8. The number of benzene rings is 1. The number of ether oxygens (including phenoxy) is 2. The number of phenolic OH excluding ortho intramolecular Hbond substituents is 1. The number of hydrogen-bond acceptors (Lipinski definition) is 9. The maximum absolute atomic E-state index is 13.1. The van der Waals surface area contributed by atoms with Crippen molar-refractivity contribution in [1.29, 1.82) is 0 Å². The highest BCUT2D eigenvalue weighted by Gasteiger charge is 2.24. The zero-order chi connectivity index (χ0) is 27.2. The molecular weight excluding hydrogens is 480 g/mol. The molecule has 10 nitrogen and oxygen atoms in total. The van der Waals surface area contributed by atoms with Crippen LogP contribution in [-0.2, 0) is 30.3 Å². The molecule has 1 aromatic rings. The van der Waals surface area contributed by atoms with Crippen LogP contribution >= 0.6 is 0 Å². The highest BCUT2D eigenvalue weighted by atomic mass is 16.6. The van der Waals surface area contributed by atoms with E-state index in [4.69, 9.17) is 9.47 Å². The number of oxime groups is 1. The molecule has 37 heavy (non-hydrogen) atoms. The van der Waals surface area contributed by atoms with Gasteiger partial charge >= 0.3 is 11.9 Å². The van der Waals surface area contributed by atoms with Gasteiger partial charge in [-0.1, -0.05) is 35.5 Å². The summed E-state index contributed by atoms with van der Waals surface area (Å²) in [6, 6.07) is 4.65. The second-order valence-electron chi connectivity index (χ2n) is 8.16. The number of phenols is 1. The number of carbonyl (C=O) groups excluding carboxylic acids is 3. The normalized spacial score (nSPS) is 23.9. The summed E-state index contributed by atoms with van der Waals surface area (Å²) in [7, 11) is 1.38. The van der Waals surface area contributed by atoms with E-state index < -0.39 is 36.2 Å². The molecule has 0 radical (unpaired) electrons. The lowest BCUT2D eigenvalue weighted by Gasteiger charge is -2.18. The average Bonchev–Trinajstić information content (AvgIpc) is 2.85. The summed E-state index contributed by atoms with van der Waals surface area (Å²) in [4.78, 5) is 41.9. The first-order valence-electron chi connectivity index (χ1n) is 11.6. The molecule has 0 saturated heterocycles. The number of aliphatic hydroxyl groups is 1. The summed E-state index contributed by atoms with van der Waals surface area (Å²) in [5.74, 6) is -2.12. The van der Waals surface area contributed by atoms with Gasteiger partial charge < -0.3 is 29.8 Å². The van der Waals surface area contributed by atoms with E-state index in [0.29, 0.717) is 11.1 Å². The molecule has 1 aliphatic heterocycles. The van der Waals surface area contributed by atoms with Gasteiger partial charge in [-0.2, -0.15) is 0 Å². The molecule has 1 aromatic carbocycles. The van der Waals surface area contributed by atoms with E-state index in [0.717, 1.165) is 0 Å². The van der Waals surface area contributed by atoms with E-state index in [-0.39, 0.29) is 30.6 Å². The summed E-state index contributed by atoms with van der Waals surface area (Å²) in [6.07, 6.45) is 9.26. The Hall–Kier alpha value is -4.18. The monoisotopic (exact) mass is 512 g/mol. The molecule has 0 aliphatic carbocycles. The number of aromatic hydroxyl groups is 1. The molecule has 3 atom stereocenters. The first-order valence-corrected chi connectivity index (χ1v) is 11.6. The first-order chi connectivity index (χ1) is 17.7. The van der Waals surface area contributed by atoms with E-state index in [1.54, 1.807) is 38.1 Å². The Labute approximate surface area is 215 Å². The largest absolute Gasteiger partial charge is 0.507 e. The van der Waals surface area contributed by atoms with Crippen molar-refractivity contribution in [3.63, 3.8) is 0 Å². The molecule has 0 fully saturated rings. The second-order valence-corrected chi connectivity index (χ2v) is 8.16. The maximum atomic E-state index is 13.1. The number of cyclic esters (lactones) is 2. The predicted octanol–water partition coefficient (Wildman–Crippen LogP) is 2.87. The van der Waals surface area contributed by atoms with Gasteiger partial charge in [0.2, 0.25) is 5.91 Å². The lowest BCUT2D eigenvalue weighted by atomic mass is 10.0. The van der Waals surface area contributed by atoms with Crippen LogP contribution in [0.15, 0.2) is 71.6 Å². The number of aliphatic hydroxyl groups excluding tert-OH is 1. The van der Waals surface area contributed by atoms with Gasteiger partial charge in [-0.25, -0.2) is 4.79 Å². The highest BCUT2D eigenvalue weighted by Crippen LogP contribution is 2.25. The van der Waals surface area contributed by atoms with Crippen molar-refractivity contribution in [1.82, 2.24) is 5.32 Å². The van der Waals surface area contributed by atoms with Crippen molar-refractivity contribution in [2.75, 3.05) is 7.11 Å². The van der Waals surface area contributed by atoms with Crippen molar-refractivity contribution >= 4 is 24.1 Å². The Morgan fingerprint density at radius 3 is 2.81 bits per heavy atom. The van der Waals surface area contributed by atoms with Gasteiger partial charge in [0.05, 0.1) is 18.7 Å². The first kappa shape index (κ1) is 29.1. The van der Waals surface area contributed by atoms with Crippen LogP contribution in [0.1, 0.15) is 42.6 Å². The van der Waals surface area contributed by atoms with Crippen molar-refractivity contribution in [2.45, 2.75) is 51.4 Å². The number of amides is 1. The minimum atomic E-state index is -0.936. The van der Waals surface area contributed by atoms with Crippen LogP contribution in [-0.4, -0.2) is 59.7 Å². The number of allylic oxidation sites excluding steroid dienone is 2. The molecule has 198 valence electrons. The van der Waals surface area contributed by atoms with E-state index >= 15 is 0 Å². The summed E-state index contributed by atoms with van der Waals surface area (Å²) in [6.45, 7) is 3.38. The molecule has 0 aromatic heterocycles. The molecule has 10 heteroatoms. The Morgan fingerprint density at radius 1 is 1.27 bits per heavy atom. The summed E-state index contributed by atoms with van der Waals surface area (Å²) >= 11 is 0. The maximum Gasteiger partial charge on any atom is 0.342 e. The Bertz CT molecular complexity index is 1100. The molecule has 3 N–H and O–H groups in total. The number of carbonyl (C=O) groups is 3. The van der Waals surface area contributed by atoms with Gasteiger partial charge in [0.15, 0.2) is 0 Å². The second kappa shape index (κ2) is 15.0. The van der Waals surface area contributed by atoms with Gasteiger partial charge in [0.25, 0.3) is 0 Å². The molecule has 0 spiro atoms. The Balaban J connectivity index is 2.25. The standard InChI is InChI=1S/C27H32N2O8/c1-18-11-13-20-7-4-9-23(31)26(20)27(34)37-21(17-25(33)36-19(2)12-14-22(18)30)8-5-15-28-24(32)10-6-16-29-35-3/h4-7,9-12,14-16,19,21-22,30-31H,8,13,17H2,1-3H3,(H,28,32)/b10-6+,14-12+,15-5+,18-11+,29-16+. The molecule has 1 amide bonds. The van der Waals surface area contributed by atoms with Crippen molar-refractivity contribution in [3.05, 3.63) is 77.6 Å². The van der Waals surface area contributed by atoms with Crippen LogP contribution < -0.4 is 5.32 Å². The van der Waals surface area contributed by atoms with Crippen LogP contribution in [0.25, 0.3) is 0 Å². The van der Waals surface area contributed by atoms with E-state index in [1.807, 2.05) is 0 Å². The predicted molar refractivity (Wildman–Crippen MR) is 137 cm³/mol. The number of fused-ring (bicyclic) bond motifs is 1. The lowest BCUT2D eigenvalue weighted by Crippen LogP contribution is -2.25. The smallest absolute Gasteiger partial charge is 0.342 e. The van der Waals surface area contributed by atoms with Gasteiger partial charge in [0.1, 0.15) is 30.6 Å². The molecule has 1 aliphatic rings. The van der Waals surface area contributed by atoms with Crippen molar-refractivity contribution < 1.29 is 38.9 Å². The third-order valence-electron chi connectivity index (χ3n) is 5.24. The quantitative estimate of drug-likeness (QED) is 0.174. The third kappa shape index (κ3) is 10.1. The van der Waals surface area contributed by atoms with E-state index in [9.17, 15) is 24.6 Å². The number of nitrogens with zero attached hydrogens (tertiary/aromatic N) is 1. The zero-order valence-electron chi connectivity index (χ0n) is 21.0. The fourth-order valence-electron chi connectivity index (χ4n) is 3.30. The van der Waals surface area contributed by atoms with E-state index in [1.165, 1.54) is 49.9 Å². The van der Waals surface area contributed by atoms with Crippen LogP contribution in [0.4, 0.5) is 0 Å². The minimum Gasteiger partial charge on any atom is -0.507 e. The average molecular weight is 513 g/mol. The van der Waals surface area contributed by atoms with Gasteiger partial charge in [-0.05, 0) is 49.6 Å².